The Bertz CT molecular complexity index is 724. The van der Waals surface area contributed by atoms with Crippen molar-refractivity contribution in [3.8, 4) is 0 Å². The lowest BCUT2D eigenvalue weighted by Crippen LogP contribution is -2.36. The predicted molar refractivity (Wildman–Crippen MR) is 78.2 cm³/mol. The number of aromatic amines is 1. The summed E-state index contributed by atoms with van der Waals surface area (Å²) in [5, 5.41) is 3.13. The molecule has 0 saturated carbocycles. The van der Waals surface area contributed by atoms with E-state index in [2.05, 4.69) is 20.2 Å². The second kappa shape index (κ2) is 5.49. The highest BCUT2D eigenvalue weighted by molar-refractivity contribution is 5.72. The molecule has 0 fully saturated rings. The topological polar surface area (TPSA) is 88.0 Å². The number of imidazole rings is 1. The Morgan fingerprint density at radius 3 is 2.60 bits per heavy atom. The quantitative estimate of drug-likeness (QED) is 0.709. The number of hydrogen-bond acceptors (Lipinski definition) is 5. The van der Waals surface area contributed by atoms with Gasteiger partial charge >= 0.3 is 5.69 Å². The van der Waals surface area contributed by atoms with E-state index < -0.39 is 0 Å². The fourth-order valence-corrected chi connectivity index (χ4v) is 2.01. The van der Waals surface area contributed by atoms with Crippen molar-refractivity contribution in [2.45, 2.75) is 6.42 Å². The van der Waals surface area contributed by atoms with Crippen molar-refractivity contribution in [2.24, 2.45) is 14.1 Å². The van der Waals surface area contributed by atoms with Crippen molar-refractivity contribution in [2.75, 3.05) is 32.5 Å². The van der Waals surface area contributed by atoms with Gasteiger partial charge in [0.25, 0.3) is 5.56 Å². The second-order valence-corrected chi connectivity index (χ2v) is 5.07. The Morgan fingerprint density at radius 2 is 1.95 bits per heavy atom. The van der Waals surface area contributed by atoms with Crippen LogP contribution in [-0.4, -0.2) is 51.2 Å². The lowest BCUT2D eigenvalue weighted by molar-refractivity contribution is 0.405. The third-order valence-corrected chi connectivity index (χ3v) is 3.17. The number of nitrogens with zero attached hydrogens (tertiary/aromatic N) is 4. The first-order valence-corrected chi connectivity index (χ1v) is 6.46. The van der Waals surface area contributed by atoms with Gasteiger partial charge in [-0.05, 0) is 27.1 Å². The molecule has 2 N–H and O–H groups in total. The lowest BCUT2D eigenvalue weighted by Gasteiger charge is -2.08. The molecular weight excluding hydrogens is 260 g/mol. The van der Waals surface area contributed by atoms with E-state index in [0.29, 0.717) is 17.1 Å². The van der Waals surface area contributed by atoms with Gasteiger partial charge in [-0.25, -0.2) is 4.79 Å². The van der Waals surface area contributed by atoms with Crippen LogP contribution < -0.4 is 16.6 Å². The van der Waals surface area contributed by atoms with Crippen LogP contribution in [0.4, 0.5) is 5.95 Å². The Balaban J connectivity index is 2.26. The van der Waals surface area contributed by atoms with Gasteiger partial charge in [0, 0.05) is 20.6 Å². The minimum absolute atomic E-state index is 0.338. The number of anilines is 1. The molecule has 0 amide bonds. The largest absolute Gasteiger partial charge is 0.356 e. The maximum atomic E-state index is 12.0. The lowest BCUT2D eigenvalue weighted by atomic mass is 10.4. The van der Waals surface area contributed by atoms with E-state index in [0.717, 1.165) is 24.1 Å². The third kappa shape index (κ3) is 2.60. The van der Waals surface area contributed by atoms with Crippen LogP contribution >= 0.6 is 0 Å². The van der Waals surface area contributed by atoms with Gasteiger partial charge in [-0.2, -0.15) is 4.98 Å². The zero-order chi connectivity index (χ0) is 14.9. The van der Waals surface area contributed by atoms with Crippen LogP contribution in [0.1, 0.15) is 6.42 Å². The number of aryl methyl sites for hydroxylation is 1. The van der Waals surface area contributed by atoms with Crippen LogP contribution in [0.25, 0.3) is 11.2 Å². The molecule has 110 valence electrons. The average Bonchev–Trinajstić information content (AvgIpc) is 2.83. The summed E-state index contributed by atoms with van der Waals surface area (Å²) in [4.78, 5) is 33.1. The van der Waals surface area contributed by atoms with Crippen LogP contribution in [0.3, 0.4) is 0 Å². The molecule has 20 heavy (non-hydrogen) atoms. The number of H-pyrrole nitrogens is 1. The van der Waals surface area contributed by atoms with Crippen molar-refractivity contribution >= 4 is 17.1 Å². The molecule has 2 heterocycles. The number of hydrogen-bond donors (Lipinski definition) is 2. The first-order chi connectivity index (χ1) is 9.41. The Kier molecular flexibility index (Phi) is 3.93. The third-order valence-electron chi connectivity index (χ3n) is 3.17. The minimum atomic E-state index is -0.381. The molecule has 2 aromatic heterocycles. The molecule has 0 bridgehead atoms. The summed E-state index contributed by atoms with van der Waals surface area (Å²) in [5.41, 5.74) is -0.0389. The van der Waals surface area contributed by atoms with Crippen LogP contribution in [0, 0.1) is 0 Å². The number of aromatic nitrogens is 4. The van der Waals surface area contributed by atoms with Crippen LogP contribution in [0.5, 0.6) is 0 Å². The smallest absolute Gasteiger partial charge is 0.332 e. The standard InChI is InChI=1S/C12H20N6O2/c1-16(2)7-5-6-13-11-14-8-9(15-11)17(3)12(20)18(4)10(8)19/h5-7H2,1-4H3,(H2,13,14,15). The monoisotopic (exact) mass is 280 g/mol. The normalized spacial score (nSPS) is 11.4. The van der Waals surface area contributed by atoms with E-state index in [4.69, 9.17) is 0 Å². The van der Waals surface area contributed by atoms with Gasteiger partial charge in [-0.3, -0.25) is 13.9 Å². The van der Waals surface area contributed by atoms with Gasteiger partial charge in [0.1, 0.15) is 0 Å². The summed E-state index contributed by atoms with van der Waals surface area (Å²) in [6.45, 7) is 1.71. The molecule has 0 spiro atoms. The molecule has 0 aromatic carbocycles. The van der Waals surface area contributed by atoms with Gasteiger partial charge in [0.15, 0.2) is 11.2 Å². The summed E-state index contributed by atoms with van der Waals surface area (Å²) < 4.78 is 2.43. The molecule has 0 aliphatic rings. The van der Waals surface area contributed by atoms with E-state index >= 15 is 0 Å². The molecule has 8 nitrogen and oxygen atoms in total. The van der Waals surface area contributed by atoms with Crippen LogP contribution in [0.15, 0.2) is 9.59 Å². The summed E-state index contributed by atoms with van der Waals surface area (Å²) in [7, 11) is 7.08. The molecular formula is C12H20N6O2. The molecule has 2 aromatic rings. The zero-order valence-corrected chi connectivity index (χ0v) is 12.2. The van der Waals surface area contributed by atoms with Crippen molar-refractivity contribution in [1.82, 2.24) is 24.0 Å². The van der Waals surface area contributed by atoms with Crippen molar-refractivity contribution in [1.29, 1.82) is 0 Å². The Morgan fingerprint density at radius 1 is 1.25 bits per heavy atom. The number of nitrogens with one attached hydrogen (secondary N) is 2. The molecule has 0 aliphatic carbocycles. The molecule has 0 radical (unpaired) electrons. The number of rotatable bonds is 5. The Labute approximate surface area is 116 Å². The highest BCUT2D eigenvalue weighted by atomic mass is 16.2. The van der Waals surface area contributed by atoms with Crippen molar-refractivity contribution in [3.05, 3.63) is 20.8 Å². The predicted octanol–water partition coefficient (Wildman–Crippen LogP) is -0.676. The molecule has 2 rings (SSSR count). The second-order valence-electron chi connectivity index (χ2n) is 5.07. The van der Waals surface area contributed by atoms with E-state index in [-0.39, 0.29) is 11.2 Å². The fourth-order valence-electron chi connectivity index (χ4n) is 2.01. The maximum Gasteiger partial charge on any atom is 0.332 e. The molecule has 8 heteroatoms. The fraction of sp³-hybridized carbons (Fsp3) is 0.583. The van der Waals surface area contributed by atoms with Gasteiger partial charge in [0.2, 0.25) is 5.95 Å². The van der Waals surface area contributed by atoms with Gasteiger partial charge in [-0.1, -0.05) is 0 Å². The minimum Gasteiger partial charge on any atom is -0.356 e. The van der Waals surface area contributed by atoms with Crippen molar-refractivity contribution < 1.29 is 0 Å². The van der Waals surface area contributed by atoms with Gasteiger partial charge in [0.05, 0.1) is 0 Å². The molecule has 0 unspecified atom stereocenters. The molecule has 0 saturated heterocycles. The number of fused-ring (bicyclic) bond motifs is 1. The van der Waals surface area contributed by atoms with Crippen molar-refractivity contribution in [3.63, 3.8) is 0 Å². The average molecular weight is 280 g/mol. The first-order valence-electron chi connectivity index (χ1n) is 6.46. The van der Waals surface area contributed by atoms with Gasteiger partial charge in [-0.15, -0.1) is 0 Å². The van der Waals surface area contributed by atoms with Crippen LogP contribution in [-0.2, 0) is 14.1 Å². The van der Waals surface area contributed by atoms with E-state index in [1.54, 1.807) is 7.05 Å². The summed E-state index contributed by atoms with van der Waals surface area (Å²) in [6, 6.07) is 0. The summed E-state index contributed by atoms with van der Waals surface area (Å²) in [5.74, 6) is 0.511. The highest BCUT2D eigenvalue weighted by Gasteiger charge is 2.12. The van der Waals surface area contributed by atoms with Gasteiger partial charge < -0.3 is 15.2 Å². The Hall–Kier alpha value is -2.09. The summed E-state index contributed by atoms with van der Waals surface area (Å²) >= 11 is 0. The van der Waals surface area contributed by atoms with E-state index in [1.807, 2.05) is 14.1 Å². The first kappa shape index (κ1) is 14.3. The molecule has 0 atom stereocenters. The SMILES string of the molecule is CN(C)CCCNc1nc2c([nH]1)c(=O)n(C)c(=O)n2C. The molecule has 0 aliphatic heterocycles. The van der Waals surface area contributed by atoms with E-state index in [9.17, 15) is 9.59 Å². The van der Waals surface area contributed by atoms with E-state index in [1.165, 1.54) is 11.6 Å². The summed E-state index contributed by atoms with van der Waals surface area (Å²) in [6.07, 6.45) is 0.959. The maximum absolute atomic E-state index is 12.0. The van der Waals surface area contributed by atoms with Crippen LogP contribution in [0.2, 0.25) is 0 Å². The highest BCUT2D eigenvalue weighted by Crippen LogP contribution is 2.07. The zero-order valence-electron chi connectivity index (χ0n) is 12.2.